The van der Waals surface area contributed by atoms with Crippen LogP contribution in [0.5, 0.6) is 0 Å². The monoisotopic (exact) mass is 262 g/mol. The fourth-order valence-corrected chi connectivity index (χ4v) is 0.974. The van der Waals surface area contributed by atoms with Crippen LogP contribution in [0.15, 0.2) is 0 Å². The highest BCUT2D eigenvalue weighted by Crippen LogP contribution is 2.03. The Morgan fingerprint density at radius 3 is 1.61 bits per heavy atom. The molecular weight excluding hydrogens is 244 g/mol. The Labute approximate surface area is 104 Å². The van der Waals surface area contributed by atoms with E-state index in [1.54, 1.807) is 0 Å². The zero-order chi connectivity index (χ0) is 14.0. The predicted molar refractivity (Wildman–Crippen MR) is 60.2 cm³/mol. The summed E-state index contributed by atoms with van der Waals surface area (Å²) in [4.78, 5) is 33.0. The molecule has 0 saturated heterocycles. The number of esters is 2. The van der Waals surface area contributed by atoms with Gasteiger partial charge in [0.15, 0.2) is 0 Å². The van der Waals surface area contributed by atoms with Crippen LogP contribution in [0.25, 0.3) is 0 Å². The predicted octanol–water partition coefficient (Wildman–Crippen LogP) is -1.04. The first kappa shape index (κ1) is 16.3. The average Bonchev–Trinajstić information content (AvgIpc) is 2.32. The molecule has 0 rings (SSSR count). The third-order valence-electron chi connectivity index (χ3n) is 1.85. The lowest BCUT2D eigenvalue weighted by Crippen LogP contribution is -2.32. The summed E-state index contributed by atoms with van der Waals surface area (Å²) in [7, 11) is 0. The number of hydrogen-bond acceptors (Lipinski definition) is 7. The molecule has 0 bridgehead atoms. The van der Waals surface area contributed by atoms with Gasteiger partial charge in [0.1, 0.15) is 0 Å². The van der Waals surface area contributed by atoms with Crippen molar-refractivity contribution in [3.63, 3.8) is 0 Å². The van der Waals surface area contributed by atoms with Crippen LogP contribution in [-0.4, -0.2) is 42.4 Å². The maximum atomic E-state index is 11.2. The molecule has 0 atom stereocenters. The van der Waals surface area contributed by atoms with E-state index in [0.717, 1.165) is 0 Å². The first-order valence-corrected chi connectivity index (χ1v) is 5.53. The maximum absolute atomic E-state index is 11.2. The Morgan fingerprint density at radius 1 is 0.944 bits per heavy atom. The van der Waals surface area contributed by atoms with Gasteiger partial charge in [-0.3, -0.25) is 9.59 Å². The van der Waals surface area contributed by atoms with E-state index in [0.29, 0.717) is 12.8 Å². The number of rotatable bonds is 9. The lowest BCUT2D eigenvalue weighted by atomic mass is 10.3. The van der Waals surface area contributed by atoms with Gasteiger partial charge in [-0.1, -0.05) is 0 Å². The molecule has 0 fully saturated rings. The van der Waals surface area contributed by atoms with Crippen LogP contribution in [0.1, 0.15) is 25.7 Å². The smallest absolute Gasteiger partial charge is 0.387 e. The standard InChI is InChI=1S/C10H18N2O6/c11-5-1-3-7(13)17-10(9(15)16)18-8(14)4-2-6-12/h10H,1-6,11-12H2,(H,15,16). The number of nitrogens with two attached hydrogens (primary N) is 2. The van der Waals surface area contributed by atoms with Gasteiger partial charge in [0.25, 0.3) is 0 Å². The van der Waals surface area contributed by atoms with E-state index in [2.05, 4.69) is 9.47 Å². The molecule has 0 radical (unpaired) electrons. The van der Waals surface area contributed by atoms with Gasteiger partial charge in [0.05, 0.1) is 0 Å². The van der Waals surface area contributed by atoms with Crippen LogP contribution < -0.4 is 11.5 Å². The molecule has 0 aliphatic heterocycles. The van der Waals surface area contributed by atoms with Crippen LogP contribution >= 0.6 is 0 Å². The van der Waals surface area contributed by atoms with Crippen molar-refractivity contribution in [2.24, 2.45) is 11.5 Å². The second-order valence-corrected chi connectivity index (χ2v) is 3.43. The van der Waals surface area contributed by atoms with Gasteiger partial charge < -0.3 is 26.0 Å². The van der Waals surface area contributed by atoms with Crippen molar-refractivity contribution < 1.29 is 29.0 Å². The molecule has 8 nitrogen and oxygen atoms in total. The molecule has 0 amide bonds. The first-order valence-electron chi connectivity index (χ1n) is 5.53. The van der Waals surface area contributed by atoms with Gasteiger partial charge in [0.2, 0.25) is 0 Å². The molecule has 0 saturated carbocycles. The Kier molecular flexibility index (Phi) is 8.50. The zero-order valence-corrected chi connectivity index (χ0v) is 9.96. The number of aliphatic carboxylic acids is 1. The van der Waals surface area contributed by atoms with Crippen LogP contribution in [0, 0.1) is 0 Å². The van der Waals surface area contributed by atoms with Gasteiger partial charge in [0, 0.05) is 12.8 Å². The highest BCUT2D eigenvalue weighted by atomic mass is 16.7. The largest absolute Gasteiger partial charge is 0.476 e. The number of carboxylic acid groups (broad SMARTS) is 1. The van der Waals surface area contributed by atoms with Gasteiger partial charge in [-0.25, -0.2) is 4.79 Å². The first-order chi connectivity index (χ1) is 8.51. The summed E-state index contributed by atoms with van der Waals surface area (Å²) in [5.41, 5.74) is 10.4. The average molecular weight is 262 g/mol. The van der Waals surface area contributed by atoms with Crippen LogP contribution in [0.3, 0.4) is 0 Å². The molecule has 18 heavy (non-hydrogen) atoms. The van der Waals surface area contributed by atoms with Crippen molar-refractivity contribution in [3.05, 3.63) is 0 Å². The van der Waals surface area contributed by atoms with E-state index >= 15 is 0 Å². The SMILES string of the molecule is NCCCC(=O)OC(OC(=O)CCCN)C(=O)O. The summed E-state index contributed by atoms with van der Waals surface area (Å²) >= 11 is 0. The quantitative estimate of drug-likeness (QED) is 0.353. The molecule has 0 spiro atoms. The fourth-order valence-electron chi connectivity index (χ4n) is 0.974. The molecular formula is C10H18N2O6. The fraction of sp³-hybridized carbons (Fsp3) is 0.700. The second kappa shape index (κ2) is 9.37. The van der Waals surface area contributed by atoms with Crippen molar-refractivity contribution in [1.29, 1.82) is 0 Å². The minimum Gasteiger partial charge on any atom is -0.476 e. The molecule has 0 heterocycles. The number of carbonyl (C=O) groups is 3. The van der Waals surface area contributed by atoms with E-state index in [-0.39, 0.29) is 25.9 Å². The zero-order valence-electron chi connectivity index (χ0n) is 9.96. The Bertz CT molecular complexity index is 272. The van der Waals surface area contributed by atoms with E-state index in [9.17, 15) is 14.4 Å². The van der Waals surface area contributed by atoms with Crippen molar-refractivity contribution in [2.45, 2.75) is 32.0 Å². The minimum atomic E-state index is -1.92. The number of hydrogen-bond donors (Lipinski definition) is 3. The lowest BCUT2D eigenvalue weighted by molar-refractivity contribution is -0.201. The molecule has 0 aliphatic carbocycles. The summed E-state index contributed by atoms with van der Waals surface area (Å²) in [6.07, 6.45) is -1.24. The highest BCUT2D eigenvalue weighted by molar-refractivity contribution is 5.80. The van der Waals surface area contributed by atoms with Crippen LogP contribution in [0.2, 0.25) is 0 Å². The second-order valence-electron chi connectivity index (χ2n) is 3.43. The van der Waals surface area contributed by atoms with E-state index in [1.165, 1.54) is 0 Å². The lowest BCUT2D eigenvalue weighted by Gasteiger charge is -2.14. The van der Waals surface area contributed by atoms with Crippen LogP contribution in [0.4, 0.5) is 0 Å². The van der Waals surface area contributed by atoms with E-state index < -0.39 is 24.2 Å². The topological polar surface area (TPSA) is 142 Å². The minimum absolute atomic E-state index is 0.0272. The summed E-state index contributed by atoms with van der Waals surface area (Å²) < 4.78 is 8.99. The Hall–Kier alpha value is -1.67. The van der Waals surface area contributed by atoms with E-state index in [1.807, 2.05) is 0 Å². The molecule has 0 aromatic carbocycles. The van der Waals surface area contributed by atoms with Gasteiger partial charge in [-0.2, -0.15) is 0 Å². The van der Waals surface area contributed by atoms with Crippen molar-refractivity contribution in [1.82, 2.24) is 0 Å². The molecule has 5 N–H and O–H groups in total. The molecule has 0 aliphatic rings. The highest BCUT2D eigenvalue weighted by Gasteiger charge is 2.26. The summed E-state index contributed by atoms with van der Waals surface area (Å²) in [5, 5.41) is 8.72. The maximum Gasteiger partial charge on any atom is 0.387 e. The van der Waals surface area contributed by atoms with Crippen molar-refractivity contribution >= 4 is 17.9 Å². The Morgan fingerprint density at radius 2 is 1.33 bits per heavy atom. The summed E-state index contributed by atoms with van der Waals surface area (Å²) in [6.45, 7) is 0.562. The number of carboxylic acids is 1. The number of ether oxygens (including phenoxy) is 2. The Balaban J connectivity index is 4.18. The van der Waals surface area contributed by atoms with Gasteiger partial charge >= 0.3 is 24.2 Å². The molecule has 104 valence electrons. The normalized spacial score (nSPS) is 10.2. The molecule has 8 heteroatoms. The van der Waals surface area contributed by atoms with Crippen molar-refractivity contribution in [2.75, 3.05) is 13.1 Å². The molecule has 0 aromatic rings. The number of carbonyl (C=O) groups excluding carboxylic acids is 2. The van der Waals surface area contributed by atoms with Crippen molar-refractivity contribution in [3.8, 4) is 0 Å². The third-order valence-corrected chi connectivity index (χ3v) is 1.85. The van der Waals surface area contributed by atoms with Gasteiger partial charge in [-0.05, 0) is 25.9 Å². The third kappa shape index (κ3) is 7.58. The molecule has 0 unspecified atom stereocenters. The van der Waals surface area contributed by atoms with Crippen LogP contribution in [-0.2, 0) is 23.9 Å². The molecule has 0 aromatic heterocycles. The van der Waals surface area contributed by atoms with E-state index in [4.69, 9.17) is 16.6 Å². The summed E-state index contributed by atoms with van der Waals surface area (Å²) in [6, 6.07) is 0. The van der Waals surface area contributed by atoms with Gasteiger partial charge in [-0.15, -0.1) is 0 Å². The summed E-state index contributed by atoms with van der Waals surface area (Å²) in [5.74, 6) is -3.10.